The van der Waals surface area contributed by atoms with E-state index in [9.17, 15) is 47.6 Å². The fraction of sp³-hybridized carbons (Fsp3) is 1.00. The van der Waals surface area contributed by atoms with Gasteiger partial charge < -0.3 is 0 Å². The summed E-state index contributed by atoms with van der Waals surface area (Å²) in [4.78, 5) is 9.85. The predicted octanol–water partition coefficient (Wildman–Crippen LogP) is -1.13. The Hall–Kier alpha value is 0.507. The molecule has 2 unspecified atom stereocenters. The molecule has 0 spiro atoms. The van der Waals surface area contributed by atoms with Gasteiger partial charge in [0.25, 0.3) is 0 Å². The SMILES string of the molecule is C[As](C)(=O)C[C@H]1O[C@@H](CC(O)COP(=O)(O)OCC(O)C[C@@H]2O[C@H](C[As](C)(C)=O)[C@@H](O)[C@H]2O)[C@H](O)[C@@H]1O. The predicted molar refractivity (Wildman–Crippen MR) is 130 cm³/mol. The topological polar surface area (TPSA) is 230 Å². The van der Waals surface area contributed by atoms with Crippen molar-refractivity contribution in [3.05, 3.63) is 0 Å². The number of hydrogen-bond donors (Lipinski definition) is 7. The number of hydrogen-bond acceptors (Lipinski definition) is 13. The second kappa shape index (κ2) is 13.4. The third-order valence-electron chi connectivity index (χ3n) is 6.03. The van der Waals surface area contributed by atoms with E-state index < -0.39 is 109 Å². The Morgan fingerprint density at radius 3 is 1.30 bits per heavy atom. The van der Waals surface area contributed by atoms with Crippen molar-refractivity contribution in [1.29, 1.82) is 0 Å². The van der Waals surface area contributed by atoms with Gasteiger partial charge in [-0.1, -0.05) is 0 Å². The first-order valence-corrected chi connectivity index (χ1v) is 25.1. The summed E-state index contributed by atoms with van der Waals surface area (Å²) in [6.07, 6.45) is -12.2. The number of rotatable bonds is 14. The van der Waals surface area contributed by atoms with Crippen LogP contribution in [0.4, 0.5) is 0 Å². The van der Waals surface area contributed by atoms with Gasteiger partial charge >= 0.3 is 221 Å². The minimum atomic E-state index is -4.72. The zero-order valence-corrected chi connectivity index (χ0v) is 26.0. The van der Waals surface area contributed by atoms with Crippen LogP contribution in [0, 0.1) is 0 Å². The molecule has 2 saturated heterocycles. The quantitative estimate of drug-likeness (QED) is 0.0848. The van der Waals surface area contributed by atoms with Crippen LogP contribution in [0.3, 0.4) is 0 Å². The molecule has 220 valence electrons. The molecular formula is C20H41As2O14P. The van der Waals surface area contributed by atoms with E-state index in [1.807, 2.05) is 0 Å². The summed E-state index contributed by atoms with van der Waals surface area (Å²) in [5.74, 6) is 0. The van der Waals surface area contributed by atoms with Crippen LogP contribution in [0.5, 0.6) is 0 Å². The second-order valence-corrected chi connectivity index (χ2v) is 26.9. The standard InChI is InChI=1S/C20H41As2O14P/c1-21(2,29)7-15-19(27)17(25)13(35-15)5-11(23)9-33-37(31,32)34-10-12(24)6-14-18(26)20(28)16(36-14)8-22(3,4)30/h11-20,23-28H,5-10H2,1-4H3,(H,31,32)/t11?,12?,13-,14-,15+,16+,17-,18-,19+,20+/m0/s1. The Balaban J connectivity index is 1.76. The van der Waals surface area contributed by atoms with E-state index in [4.69, 9.17) is 18.5 Å². The van der Waals surface area contributed by atoms with Crippen LogP contribution in [-0.2, 0) is 30.6 Å². The third-order valence-corrected chi connectivity index (χ3v) is 12.2. The average molecular weight is 686 g/mol. The van der Waals surface area contributed by atoms with Crippen LogP contribution in [0.25, 0.3) is 0 Å². The number of phosphoric acid groups is 1. The van der Waals surface area contributed by atoms with E-state index in [0.29, 0.717) is 0 Å². The van der Waals surface area contributed by atoms with Crippen LogP contribution in [0.2, 0.25) is 33.3 Å². The molecule has 0 saturated carbocycles. The molecule has 0 aromatic rings. The van der Waals surface area contributed by atoms with E-state index in [1.165, 1.54) is 0 Å². The Bertz CT molecular complexity index is 813. The molecule has 2 aliphatic heterocycles. The van der Waals surface area contributed by atoms with Gasteiger partial charge in [0.05, 0.1) is 0 Å². The van der Waals surface area contributed by atoms with Gasteiger partial charge in [0.2, 0.25) is 0 Å². The maximum atomic E-state index is 12.1. The number of aliphatic hydroxyl groups excluding tert-OH is 6. The third kappa shape index (κ3) is 11.1. The van der Waals surface area contributed by atoms with Crippen molar-refractivity contribution in [2.24, 2.45) is 0 Å². The first-order valence-electron chi connectivity index (χ1n) is 11.9. The molecule has 2 heterocycles. The second-order valence-electron chi connectivity index (χ2n) is 10.7. The van der Waals surface area contributed by atoms with Crippen LogP contribution in [0.15, 0.2) is 0 Å². The van der Waals surface area contributed by atoms with Crippen molar-refractivity contribution >= 4 is 34.8 Å². The molecule has 7 N–H and O–H groups in total. The van der Waals surface area contributed by atoms with Crippen molar-refractivity contribution in [3.63, 3.8) is 0 Å². The first kappa shape index (κ1) is 33.7. The van der Waals surface area contributed by atoms with Crippen LogP contribution >= 0.6 is 7.82 Å². The van der Waals surface area contributed by atoms with E-state index in [2.05, 4.69) is 0 Å². The average Bonchev–Trinajstić information content (AvgIpc) is 3.14. The molecule has 2 fully saturated rings. The van der Waals surface area contributed by atoms with E-state index in [-0.39, 0.29) is 23.3 Å². The van der Waals surface area contributed by atoms with Gasteiger partial charge in [-0.25, -0.2) is 0 Å². The molecule has 0 amide bonds. The minimum absolute atomic E-state index is 0.100. The van der Waals surface area contributed by atoms with E-state index in [1.54, 1.807) is 22.8 Å². The van der Waals surface area contributed by atoms with Crippen molar-refractivity contribution in [1.82, 2.24) is 0 Å². The molecule has 0 aliphatic carbocycles. The van der Waals surface area contributed by atoms with Crippen molar-refractivity contribution in [3.8, 4) is 0 Å². The van der Waals surface area contributed by atoms with Gasteiger partial charge in [-0.15, -0.1) is 0 Å². The van der Waals surface area contributed by atoms with Crippen molar-refractivity contribution < 1.29 is 66.1 Å². The monoisotopic (exact) mass is 686 g/mol. The molecule has 14 nitrogen and oxygen atoms in total. The zero-order chi connectivity index (χ0) is 28.3. The molecule has 2 rings (SSSR count). The summed E-state index contributed by atoms with van der Waals surface area (Å²) in [5.41, 5.74) is 6.30. The number of ether oxygens (including phenoxy) is 2. The number of phosphoric ester groups is 1. The summed E-state index contributed by atoms with van der Waals surface area (Å²) < 4.78 is 56.8. The summed E-state index contributed by atoms with van der Waals surface area (Å²) in [7, 11) is -4.72. The molecule has 0 radical (unpaired) electrons. The van der Waals surface area contributed by atoms with Gasteiger partial charge in [0.1, 0.15) is 0 Å². The normalized spacial score (nSPS) is 36.4. The Kier molecular flexibility index (Phi) is 12.3. The fourth-order valence-corrected chi connectivity index (χ4v) is 9.98. The summed E-state index contributed by atoms with van der Waals surface area (Å²) >= 11 is -6.36. The Morgan fingerprint density at radius 2 is 1.00 bits per heavy atom. The van der Waals surface area contributed by atoms with Gasteiger partial charge in [0, 0.05) is 0 Å². The molecule has 0 bridgehead atoms. The first-order chi connectivity index (χ1) is 16.8. The van der Waals surface area contributed by atoms with Crippen molar-refractivity contribution in [2.75, 3.05) is 13.2 Å². The molecule has 0 aromatic heterocycles. The van der Waals surface area contributed by atoms with Crippen LogP contribution in [-0.4, -0.2) is 137 Å². The van der Waals surface area contributed by atoms with E-state index >= 15 is 0 Å². The molecule has 2 aliphatic rings. The summed E-state index contributed by atoms with van der Waals surface area (Å²) in [5, 5.41) is 61.0. The van der Waals surface area contributed by atoms with E-state index in [0.717, 1.165) is 0 Å². The van der Waals surface area contributed by atoms with Gasteiger partial charge in [-0.2, -0.15) is 0 Å². The van der Waals surface area contributed by atoms with Gasteiger partial charge in [-0.05, 0) is 0 Å². The summed E-state index contributed by atoms with van der Waals surface area (Å²) in [6, 6.07) is 0. The molecule has 17 heteroatoms. The van der Waals surface area contributed by atoms with Crippen molar-refractivity contribution in [2.45, 2.75) is 107 Å². The van der Waals surface area contributed by atoms with Gasteiger partial charge in [0.15, 0.2) is 0 Å². The Morgan fingerprint density at radius 1 is 0.703 bits per heavy atom. The fourth-order valence-electron chi connectivity index (χ4n) is 4.28. The summed E-state index contributed by atoms with van der Waals surface area (Å²) in [6.45, 7) is -1.37. The molecule has 37 heavy (non-hydrogen) atoms. The maximum absolute atomic E-state index is 12.1. The molecule has 10 atom stereocenters. The van der Waals surface area contributed by atoms with Crippen LogP contribution in [0.1, 0.15) is 12.8 Å². The number of aliphatic hydroxyl groups is 6. The molecular weight excluding hydrogens is 645 g/mol. The molecule has 0 aromatic carbocycles. The Labute approximate surface area is 220 Å². The van der Waals surface area contributed by atoms with Gasteiger partial charge in [-0.3, -0.25) is 0 Å². The van der Waals surface area contributed by atoms with Crippen LogP contribution < -0.4 is 0 Å². The zero-order valence-electron chi connectivity index (χ0n) is 21.3.